The minimum atomic E-state index is -0.773. The molecule has 0 spiro atoms. The molecule has 1 aliphatic carbocycles. The second-order valence-electron chi connectivity index (χ2n) is 8.83. The topological polar surface area (TPSA) is 67.3 Å². The highest BCUT2D eigenvalue weighted by molar-refractivity contribution is 5.84. The predicted molar refractivity (Wildman–Crippen MR) is 123 cm³/mol. The third kappa shape index (κ3) is 5.84. The quantitative estimate of drug-likeness (QED) is 0.698. The van der Waals surface area contributed by atoms with Gasteiger partial charge in [0, 0.05) is 31.1 Å². The molecule has 1 amide bonds. The fourth-order valence-corrected chi connectivity index (χ4v) is 4.51. The Labute approximate surface area is 188 Å². The maximum absolute atomic E-state index is 13.5. The molecule has 1 unspecified atom stereocenters. The molecule has 32 heavy (non-hydrogen) atoms. The van der Waals surface area contributed by atoms with Gasteiger partial charge in [-0.25, -0.2) is 14.4 Å². The summed E-state index contributed by atoms with van der Waals surface area (Å²) < 4.78 is 19.7. The molecule has 170 valence electrons. The Morgan fingerprint density at radius 1 is 1.19 bits per heavy atom. The zero-order chi connectivity index (χ0) is 22.5. The molecule has 2 fully saturated rings. The number of rotatable bonds is 7. The molecule has 1 aromatic carbocycles. The summed E-state index contributed by atoms with van der Waals surface area (Å²) in [6.07, 6.45) is 6.93. The standard InChI is InChI=1S/C25H31FN4O2/c1-17(28-18(2)31)20-5-9-24(10-6-20)32-23-7-3-19(4-8-23)15-22-11-13-27-25(29-22)30-14-12-21(26)16-30/h5-6,9-11,13,19,21,23H,1,3-4,7-8,12,14-16H2,2H3,(H,28,31). The van der Waals surface area contributed by atoms with Crippen molar-refractivity contribution in [3.8, 4) is 5.75 Å². The SMILES string of the molecule is C=C(NC(C)=O)c1ccc(OC2CCC(Cc3ccnc(N4CCC(F)C4)n3)CC2)cc1. The molecule has 2 aromatic rings. The summed E-state index contributed by atoms with van der Waals surface area (Å²) in [6, 6.07) is 9.66. The van der Waals surface area contributed by atoms with Gasteiger partial charge in [0.1, 0.15) is 11.9 Å². The molecule has 1 aliphatic heterocycles. The fourth-order valence-electron chi connectivity index (χ4n) is 4.51. The average molecular weight is 439 g/mol. The third-order valence-corrected chi connectivity index (χ3v) is 6.24. The highest BCUT2D eigenvalue weighted by Gasteiger charge is 2.25. The first-order chi connectivity index (χ1) is 15.5. The van der Waals surface area contributed by atoms with E-state index < -0.39 is 6.17 Å². The molecule has 7 heteroatoms. The van der Waals surface area contributed by atoms with E-state index >= 15 is 0 Å². The number of benzene rings is 1. The number of carbonyl (C=O) groups excluding carboxylic acids is 1. The number of nitrogens with one attached hydrogen (secondary N) is 1. The van der Waals surface area contributed by atoms with E-state index in [4.69, 9.17) is 9.72 Å². The number of amides is 1. The van der Waals surface area contributed by atoms with Crippen LogP contribution in [0.5, 0.6) is 5.75 Å². The summed E-state index contributed by atoms with van der Waals surface area (Å²) in [5.41, 5.74) is 2.50. The molecule has 1 atom stereocenters. The summed E-state index contributed by atoms with van der Waals surface area (Å²) in [5.74, 6) is 1.94. The summed E-state index contributed by atoms with van der Waals surface area (Å²) >= 11 is 0. The molecule has 4 rings (SSSR count). The molecule has 2 aliphatic rings. The van der Waals surface area contributed by atoms with Gasteiger partial charge in [-0.2, -0.15) is 0 Å². The van der Waals surface area contributed by atoms with Crippen LogP contribution in [-0.4, -0.2) is 41.2 Å². The molecule has 0 radical (unpaired) electrons. The minimum Gasteiger partial charge on any atom is -0.490 e. The van der Waals surface area contributed by atoms with Crippen molar-refractivity contribution in [1.29, 1.82) is 0 Å². The number of hydrogen-bond donors (Lipinski definition) is 1. The van der Waals surface area contributed by atoms with Crippen LogP contribution in [0, 0.1) is 5.92 Å². The van der Waals surface area contributed by atoms with E-state index in [0.29, 0.717) is 37.1 Å². The van der Waals surface area contributed by atoms with Gasteiger partial charge in [0.05, 0.1) is 12.6 Å². The fraction of sp³-hybridized carbons (Fsp3) is 0.480. The van der Waals surface area contributed by atoms with Crippen LogP contribution in [0.2, 0.25) is 0 Å². The van der Waals surface area contributed by atoms with Crippen molar-refractivity contribution in [2.24, 2.45) is 5.92 Å². The third-order valence-electron chi connectivity index (χ3n) is 6.24. The van der Waals surface area contributed by atoms with Crippen molar-refractivity contribution >= 4 is 17.6 Å². The Morgan fingerprint density at radius 3 is 2.59 bits per heavy atom. The van der Waals surface area contributed by atoms with Crippen LogP contribution < -0.4 is 15.0 Å². The lowest BCUT2D eigenvalue weighted by Crippen LogP contribution is -2.26. The molecule has 0 bridgehead atoms. The van der Waals surface area contributed by atoms with Crippen molar-refractivity contribution in [2.75, 3.05) is 18.0 Å². The van der Waals surface area contributed by atoms with Gasteiger partial charge in [-0.05, 0) is 80.3 Å². The van der Waals surface area contributed by atoms with Gasteiger partial charge in [-0.3, -0.25) is 4.79 Å². The van der Waals surface area contributed by atoms with Gasteiger partial charge in [0.2, 0.25) is 11.9 Å². The number of alkyl halides is 1. The normalized spacial score (nSPS) is 23.1. The molecule has 1 aromatic heterocycles. The zero-order valence-electron chi connectivity index (χ0n) is 18.6. The van der Waals surface area contributed by atoms with E-state index in [-0.39, 0.29) is 12.0 Å². The van der Waals surface area contributed by atoms with E-state index in [1.54, 1.807) is 6.20 Å². The van der Waals surface area contributed by atoms with Crippen molar-refractivity contribution in [1.82, 2.24) is 15.3 Å². The average Bonchev–Trinajstić information content (AvgIpc) is 3.22. The van der Waals surface area contributed by atoms with Crippen LogP contribution in [0.3, 0.4) is 0 Å². The van der Waals surface area contributed by atoms with E-state index in [1.165, 1.54) is 6.92 Å². The van der Waals surface area contributed by atoms with Gasteiger partial charge >= 0.3 is 0 Å². The summed E-state index contributed by atoms with van der Waals surface area (Å²) in [5, 5.41) is 2.70. The summed E-state index contributed by atoms with van der Waals surface area (Å²) in [7, 11) is 0. The van der Waals surface area contributed by atoms with Crippen molar-refractivity contribution < 1.29 is 13.9 Å². The number of nitrogens with zero attached hydrogens (tertiary/aromatic N) is 3. The highest BCUT2D eigenvalue weighted by atomic mass is 19.1. The van der Waals surface area contributed by atoms with Crippen LogP contribution in [0.25, 0.3) is 5.70 Å². The van der Waals surface area contributed by atoms with Gasteiger partial charge < -0.3 is 15.0 Å². The largest absolute Gasteiger partial charge is 0.490 e. The first-order valence-electron chi connectivity index (χ1n) is 11.4. The lowest BCUT2D eigenvalue weighted by atomic mass is 9.84. The van der Waals surface area contributed by atoms with Crippen molar-refractivity contribution in [2.45, 2.75) is 57.7 Å². The number of halogens is 1. The summed E-state index contributed by atoms with van der Waals surface area (Å²) in [4.78, 5) is 22.1. The van der Waals surface area contributed by atoms with Gasteiger partial charge in [0.15, 0.2) is 0 Å². The second kappa shape index (κ2) is 10.1. The highest BCUT2D eigenvalue weighted by Crippen LogP contribution is 2.30. The summed E-state index contributed by atoms with van der Waals surface area (Å²) in [6.45, 7) is 6.44. The van der Waals surface area contributed by atoms with E-state index in [9.17, 15) is 9.18 Å². The molecule has 1 saturated heterocycles. The molecular weight excluding hydrogens is 407 g/mol. The molecule has 1 saturated carbocycles. The Morgan fingerprint density at radius 2 is 1.94 bits per heavy atom. The lowest BCUT2D eigenvalue weighted by molar-refractivity contribution is -0.117. The van der Waals surface area contributed by atoms with E-state index in [2.05, 4.69) is 16.9 Å². The Hall–Kier alpha value is -2.96. The zero-order valence-corrected chi connectivity index (χ0v) is 18.6. The monoisotopic (exact) mass is 438 g/mol. The van der Waals surface area contributed by atoms with Crippen LogP contribution in [0.4, 0.5) is 10.3 Å². The molecule has 1 N–H and O–H groups in total. The van der Waals surface area contributed by atoms with Crippen LogP contribution >= 0.6 is 0 Å². The van der Waals surface area contributed by atoms with Crippen LogP contribution in [0.1, 0.15) is 50.3 Å². The Balaban J connectivity index is 1.25. The number of hydrogen-bond acceptors (Lipinski definition) is 5. The maximum atomic E-state index is 13.5. The number of aromatic nitrogens is 2. The van der Waals surface area contributed by atoms with Crippen molar-refractivity contribution in [3.63, 3.8) is 0 Å². The van der Waals surface area contributed by atoms with Gasteiger partial charge in [-0.1, -0.05) is 6.58 Å². The van der Waals surface area contributed by atoms with E-state index in [1.807, 2.05) is 35.2 Å². The molecule has 2 heterocycles. The van der Waals surface area contributed by atoms with Gasteiger partial charge in [0.25, 0.3) is 0 Å². The van der Waals surface area contributed by atoms with Crippen LogP contribution in [0.15, 0.2) is 43.1 Å². The van der Waals surface area contributed by atoms with Gasteiger partial charge in [-0.15, -0.1) is 0 Å². The second-order valence-corrected chi connectivity index (χ2v) is 8.83. The van der Waals surface area contributed by atoms with E-state index in [0.717, 1.165) is 49.1 Å². The Kier molecular flexibility index (Phi) is 7.02. The Bertz CT molecular complexity index is 941. The lowest BCUT2D eigenvalue weighted by Gasteiger charge is -2.29. The molecular formula is C25H31FN4O2. The minimum absolute atomic E-state index is 0.130. The molecule has 6 nitrogen and oxygen atoms in total. The van der Waals surface area contributed by atoms with Crippen LogP contribution in [-0.2, 0) is 11.2 Å². The first-order valence-corrected chi connectivity index (χ1v) is 11.4. The number of carbonyl (C=O) groups is 1. The maximum Gasteiger partial charge on any atom is 0.225 e. The number of ether oxygens (including phenoxy) is 1. The van der Waals surface area contributed by atoms with Crippen molar-refractivity contribution in [3.05, 3.63) is 54.4 Å². The number of anilines is 1. The first kappa shape index (κ1) is 22.2. The predicted octanol–water partition coefficient (Wildman–Crippen LogP) is 4.31. The smallest absolute Gasteiger partial charge is 0.225 e.